The van der Waals surface area contributed by atoms with Crippen molar-refractivity contribution in [2.24, 2.45) is 11.7 Å². The van der Waals surface area contributed by atoms with Gasteiger partial charge in [0.15, 0.2) is 5.75 Å². The Balaban J connectivity index is 2.88. The van der Waals surface area contributed by atoms with Crippen molar-refractivity contribution in [3.63, 3.8) is 0 Å². The van der Waals surface area contributed by atoms with E-state index in [1.165, 1.54) is 0 Å². The minimum absolute atomic E-state index is 0.0332. The molecule has 0 aliphatic rings. The monoisotopic (exact) mass is 266 g/mol. The largest absolute Gasteiger partial charge is 0.484 e. The molecule has 0 saturated carbocycles. The zero-order chi connectivity index (χ0) is 13.7. The highest BCUT2D eigenvalue weighted by atomic mass is 32.1. The highest BCUT2D eigenvalue weighted by molar-refractivity contribution is 7.80. The van der Waals surface area contributed by atoms with Crippen LogP contribution in [0.5, 0.6) is 5.75 Å². The second-order valence-corrected chi connectivity index (χ2v) is 4.85. The molecule has 1 aromatic rings. The molecule has 1 aromatic heterocycles. The van der Waals surface area contributed by atoms with Crippen LogP contribution in [0.15, 0.2) is 35.3 Å². The van der Waals surface area contributed by atoms with Crippen molar-refractivity contribution in [2.45, 2.75) is 20.4 Å². The van der Waals surface area contributed by atoms with Crippen molar-refractivity contribution in [3.05, 3.63) is 40.8 Å². The molecule has 18 heavy (non-hydrogen) atoms. The minimum atomic E-state index is -0.179. The van der Waals surface area contributed by atoms with Crippen LogP contribution in [0.1, 0.15) is 13.8 Å². The average molecular weight is 266 g/mol. The number of hydrogen-bond acceptors (Lipinski definition) is 3. The van der Waals surface area contributed by atoms with Crippen LogP contribution < -0.4 is 16.0 Å². The quantitative estimate of drug-likeness (QED) is 0.629. The lowest BCUT2D eigenvalue weighted by Crippen LogP contribution is -2.29. The van der Waals surface area contributed by atoms with Gasteiger partial charge in [0, 0.05) is 18.7 Å². The fourth-order valence-electron chi connectivity index (χ4n) is 1.35. The Morgan fingerprint density at radius 1 is 1.67 bits per heavy atom. The number of rotatable bonds is 6. The normalized spacial score (nSPS) is 11.9. The van der Waals surface area contributed by atoms with Crippen molar-refractivity contribution >= 4 is 17.2 Å². The SMILES string of the molecule is C=C(C)COc1cccn(CC(C)C(N)=S)c1=O. The molecule has 2 N–H and O–H groups in total. The second-order valence-electron chi connectivity index (χ2n) is 4.38. The molecule has 0 spiro atoms. The molecule has 0 aliphatic heterocycles. The highest BCUT2D eigenvalue weighted by Gasteiger charge is 2.09. The Hall–Kier alpha value is -1.62. The lowest BCUT2D eigenvalue weighted by Gasteiger charge is -2.13. The summed E-state index contributed by atoms with van der Waals surface area (Å²) in [4.78, 5) is 12.5. The lowest BCUT2D eigenvalue weighted by atomic mass is 10.2. The van der Waals surface area contributed by atoms with Gasteiger partial charge in [-0.3, -0.25) is 4.79 Å². The number of ether oxygens (including phenoxy) is 1. The molecule has 0 saturated heterocycles. The molecule has 1 unspecified atom stereocenters. The maximum atomic E-state index is 12.1. The Morgan fingerprint density at radius 2 is 2.33 bits per heavy atom. The van der Waals surface area contributed by atoms with Gasteiger partial charge in [-0.2, -0.15) is 0 Å². The van der Waals surface area contributed by atoms with Crippen LogP contribution in [0.3, 0.4) is 0 Å². The van der Waals surface area contributed by atoms with Gasteiger partial charge < -0.3 is 15.0 Å². The van der Waals surface area contributed by atoms with E-state index in [0.29, 0.717) is 23.9 Å². The van der Waals surface area contributed by atoms with E-state index >= 15 is 0 Å². The summed E-state index contributed by atoms with van der Waals surface area (Å²) >= 11 is 4.90. The van der Waals surface area contributed by atoms with Gasteiger partial charge in [0.05, 0.1) is 4.99 Å². The Morgan fingerprint density at radius 3 is 2.89 bits per heavy atom. The minimum Gasteiger partial charge on any atom is -0.484 e. The van der Waals surface area contributed by atoms with Crippen molar-refractivity contribution in [1.29, 1.82) is 0 Å². The predicted molar refractivity (Wildman–Crippen MR) is 77.0 cm³/mol. The molecular weight excluding hydrogens is 248 g/mol. The summed E-state index contributed by atoms with van der Waals surface area (Å²) in [5, 5.41) is 0. The van der Waals surface area contributed by atoms with Crippen molar-refractivity contribution < 1.29 is 4.74 Å². The van der Waals surface area contributed by atoms with E-state index in [1.807, 2.05) is 13.8 Å². The first-order valence-electron chi connectivity index (χ1n) is 5.67. The Labute approximate surface area is 112 Å². The smallest absolute Gasteiger partial charge is 0.292 e. The molecule has 0 radical (unpaired) electrons. The molecule has 98 valence electrons. The van der Waals surface area contributed by atoms with Crippen LogP contribution in [-0.4, -0.2) is 16.2 Å². The molecule has 0 fully saturated rings. The number of thiocarbonyl (C=S) groups is 1. The van der Waals surface area contributed by atoms with Gasteiger partial charge in [-0.05, 0) is 24.6 Å². The van der Waals surface area contributed by atoms with Gasteiger partial charge in [0.2, 0.25) is 0 Å². The predicted octanol–water partition coefficient (Wildman–Crippen LogP) is 1.73. The average Bonchev–Trinajstić information content (AvgIpc) is 2.29. The van der Waals surface area contributed by atoms with E-state index in [0.717, 1.165) is 5.57 Å². The number of aromatic nitrogens is 1. The standard InChI is InChI=1S/C13H18N2O2S/c1-9(2)8-17-11-5-4-6-15(13(11)16)7-10(3)12(14)18/h4-6,10H,1,7-8H2,2-3H3,(H2,14,18). The number of nitrogens with two attached hydrogens (primary N) is 1. The maximum absolute atomic E-state index is 12.1. The van der Waals surface area contributed by atoms with E-state index in [9.17, 15) is 4.79 Å². The summed E-state index contributed by atoms with van der Waals surface area (Å²) in [5.41, 5.74) is 6.23. The molecule has 1 heterocycles. The lowest BCUT2D eigenvalue weighted by molar-refractivity contribution is 0.343. The summed E-state index contributed by atoms with van der Waals surface area (Å²) in [7, 11) is 0. The van der Waals surface area contributed by atoms with E-state index < -0.39 is 0 Å². The third-order valence-corrected chi connectivity index (χ3v) is 2.82. The van der Waals surface area contributed by atoms with Gasteiger partial charge >= 0.3 is 0 Å². The number of hydrogen-bond donors (Lipinski definition) is 1. The fraction of sp³-hybridized carbons (Fsp3) is 0.385. The van der Waals surface area contributed by atoms with E-state index in [4.69, 9.17) is 22.7 Å². The Bertz CT molecular complexity index is 508. The van der Waals surface area contributed by atoms with Crippen LogP contribution >= 0.6 is 12.2 Å². The van der Waals surface area contributed by atoms with E-state index in [1.54, 1.807) is 22.9 Å². The van der Waals surface area contributed by atoms with Crippen LogP contribution in [0, 0.1) is 5.92 Å². The van der Waals surface area contributed by atoms with Crippen molar-refractivity contribution in [1.82, 2.24) is 4.57 Å². The van der Waals surface area contributed by atoms with Gasteiger partial charge in [0.25, 0.3) is 5.56 Å². The van der Waals surface area contributed by atoms with Crippen LogP contribution in [0.25, 0.3) is 0 Å². The summed E-state index contributed by atoms with van der Waals surface area (Å²) in [5.74, 6) is 0.282. The molecule has 0 bridgehead atoms. The molecule has 0 aromatic carbocycles. The van der Waals surface area contributed by atoms with Crippen molar-refractivity contribution in [3.8, 4) is 5.75 Å². The zero-order valence-electron chi connectivity index (χ0n) is 10.7. The molecular formula is C13H18N2O2S. The molecule has 0 amide bonds. The fourth-order valence-corrected chi connectivity index (χ4v) is 1.43. The highest BCUT2D eigenvalue weighted by Crippen LogP contribution is 2.06. The molecule has 0 aliphatic carbocycles. The van der Waals surface area contributed by atoms with Crippen LogP contribution in [-0.2, 0) is 6.54 Å². The van der Waals surface area contributed by atoms with Gasteiger partial charge in [-0.15, -0.1) is 0 Å². The Kier molecular flexibility index (Phi) is 5.09. The third kappa shape index (κ3) is 4.00. The van der Waals surface area contributed by atoms with E-state index in [-0.39, 0.29) is 11.5 Å². The zero-order valence-corrected chi connectivity index (χ0v) is 11.5. The summed E-state index contributed by atoms with van der Waals surface area (Å²) in [6, 6.07) is 3.41. The summed E-state index contributed by atoms with van der Waals surface area (Å²) < 4.78 is 6.94. The topological polar surface area (TPSA) is 57.2 Å². The first kappa shape index (κ1) is 14.4. The van der Waals surface area contributed by atoms with E-state index in [2.05, 4.69) is 6.58 Å². The molecule has 1 atom stereocenters. The van der Waals surface area contributed by atoms with Gasteiger partial charge in [-0.1, -0.05) is 25.7 Å². The maximum Gasteiger partial charge on any atom is 0.292 e. The molecule has 4 nitrogen and oxygen atoms in total. The number of pyridine rings is 1. The second kappa shape index (κ2) is 6.35. The van der Waals surface area contributed by atoms with Crippen molar-refractivity contribution in [2.75, 3.05) is 6.61 Å². The molecule has 5 heteroatoms. The first-order chi connectivity index (χ1) is 8.41. The van der Waals surface area contributed by atoms with Crippen LogP contribution in [0.2, 0.25) is 0 Å². The summed E-state index contributed by atoms with van der Waals surface area (Å²) in [6.45, 7) is 8.25. The molecule has 1 rings (SSSR count). The van der Waals surface area contributed by atoms with Gasteiger partial charge in [-0.25, -0.2) is 0 Å². The number of nitrogens with zero attached hydrogens (tertiary/aromatic N) is 1. The summed E-state index contributed by atoms with van der Waals surface area (Å²) in [6.07, 6.45) is 1.70. The first-order valence-corrected chi connectivity index (χ1v) is 6.08. The van der Waals surface area contributed by atoms with Crippen LogP contribution in [0.4, 0.5) is 0 Å². The van der Waals surface area contributed by atoms with Gasteiger partial charge in [0.1, 0.15) is 6.61 Å². The third-order valence-electron chi connectivity index (χ3n) is 2.42.